The molecule has 10 heavy (non-hydrogen) atoms. The third-order valence-corrected chi connectivity index (χ3v) is 1.54. The van der Waals surface area contributed by atoms with Crippen LogP contribution in [0, 0.1) is 11.6 Å². The number of hydrogen-bond donors (Lipinski definition) is 0. The molecule has 54 valence electrons. The summed E-state index contributed by atoms with van der Waals surface area (Å²) in [6.07, 6.45) is 0.986. The van der Waals surface area contributed by atoms with Gasteiger partial charge in [0.15, 0.2) is 0 Å². The van der Waals surface area contributed by atoms with Crippen LogP contribution in [0.25, 0.3) is 0 Å². The van der Waals surface area contributed by atoms with E-state index in [1.165, 1.54) is 0 Å². The van der Waals surface area contributed by atoms with Crippen molar-refractivity contribution in [2.75, 3.05) is 0 Å². The van der Waals surface area contributed by atoms with Crippen molar-refractivity contribution in [3.05, 3.63) is 29.6 Å². The van der Waals surface area contributed by atoms with Gasteiger partial charge in [-0.3, -0.25) is 4.98 Å². The van der Waals surface area contributed by atoms with Gasteiger partial charge in [-0.1, -0.05) is 15.9 Å². The smallest absolute Gasteiger partial charge is 0.148 e. The summed E-state index contributed by atoms with van der Waals surface area (Å²) in [4.78, 5) is 3.50. The van der Waals surface area contributed by atoms with Gasteiger partial charge in [-0.2, -0.15) is 0 Å². The molecule has 0 aliphatic heterocycles. The first-order chi connectivity index (χ1) is 4.74. The van der Waals surface area contributed by atoms with E-state index < -0.39 is 11.6 Å². The Labute approximate surface area is 65.2 Å². The normalized spacial score (nSPS) is 9.90. The number of nitrogens with zero attached hydrogens (tertiary/aromatic N) is 1. The van der Waals surface area contributed by atoms with Gasteiger partial charge in [0.05, 0.1) is 11.9 Å². The maximum atomic E-state index is 12.5. The van der Waals surface area contributed by atoms with E-state index in [1.807, 2.05) is 0 Å². The van der Waals surface area contributed by atoms with Crippen LogP contribution >= 0.6 is 15.9 Å². The molecular weight excluding hydrogens is 204 g/mol. The lowest BCUT2D eigenvalue weighted by molar-refractivity contribution is 0.564. The number of halogens is 3. The molecule has 1 aromatic heterocycles. The van der Waals surface area contributed by atoms with Gasteiger partial charge in [0.2, 0.25) is 0 Å². The zero-order chi connectivity index (χ0) is 7.56. The summed E-state index contributed by atoms with van der Waals surface area (Å²) in [6.45, 7) is 0. The van der Waals surface area contributed by atoms with Crippen molar-refractivity contribution in [1.82, 2.24) is 4.98 Å². The Morgan fingerprint density at radius 1 is 1.50 bits per heavy atom. The molecule has 0 spiro atoms. The summed E-state index contributed by atoms with van der Waals surface area (Å²) < 4.78 is 24.7. The zero-order valence-corrected chi connectivity index (χ0v) is 6.53. The Morgan fingerprint density at radius 2 is 2.20 bits per heavy atom. The molecule has 0 unspecified atom stereocenters. The second kappa shape index (κ2) is 3.05. The minimum atomic E-state index is -0.651. The highest BCUT2D eigenvalue weighted by atomic mass is 79.9. The van der Waals surface area contributed by atoms with E-state index in [4.69, 9.17) is 0 Å². The van der Waals surface area contributed by atoms with Gasteiger partial charge in [-0.25, -0.2) is 8.78 Å². The number of rotatable bonds is 1. The number of pyridine rings is 1. The topological polar surface area (TPSA) is 12.9 Å². The minimum absolute atomic E-state index is 0.224. The average molecular weight is 208 g/mol. The molecule has 0 fully saturated rings. The lowest BCUT2D eigenvalue weighted by Gasteiger charge is -1.94. The van der Waals surface area contributed by atoms with E-state index in [2.05, 4.69) is 20.9 Å². The SMILES string of the molecule is Fc1cnc(CBr)c(F)c1. The Morgan fingerprint density at radius 3 is 2.70 bits per heavy atom. The highest BCUT2D eigenvalue weighted by Crippen LogP contribution is 2.08. The zero-order valence-electron chi connectivity index (χ0n) is 4.94. The highest BCUT2D eigenvalue weighted by Gasteiger charge is 2.01. The van der Waals surface area contributed by atoms with Gasteiger partial charge in [0.1, 0.15) is 11.6 Å². The van der Waals surface area contributed by atoms with Gasteiger partial charge in [-0.15, -0.1) is 0 Å². The number of alkyl halides is 1. The molecule has 1 heterocycles. The molecule has 0 saturated carbocycles. The summed E-state index contributed by atoms with van der Waals surface area (Å²) in [7, 11) is 0. The van der Waals surface area contributed by atoms with Crippen LogP contribution in [-0.2, 0) is 5.33 Å². The summed E-state index contributed by atoms with van der Waals surface area (Å²) in [6, 6.07) is 0.809. The van der Waals surface area contributed by atoms with Crippen molar-refractivity contribution in [2.24, 2.45) is 0 Å². The van der Waals surface area contributed by atoms with Crippen molar-refractivity contribution in [3.8, 4) is 0 Å². The quantitative estimate of drug-likeness (QED) is 0.645. The molecule has 0 aliphatic rings. The first kappa shape index (κ1) is 7.60. The molecule has 0 radical (unpaired) electrons. The molecule has 1 nitrogen and oxygen atoms in total. The Bertz CT molecular complexity index is 239. The van der Waals surface area contributed by atoms with E-state index >= 15 is 0 Å². The molecule has 0 aliphatic carbocycles. The van der Waals surface area contributed by atoms with Gasteiger partial charge < -0.3 is 0 Å². The molecule has 0 amide bonds. The predicted octanol–water partition coefficient (Wildman–Crippen LogP) is 2.25. The van der Waals surface area contributed by atoms with Crippen LogP contribution in [0.5, 0.6) is 0 Å². The predicted molar refractivity (Wildman–Crippen MR) is 36.8 cm³/mol. The summed E-state index contributed by atoms with van der Waals surface area (Å²) in [5.74, 6) is -1.26. The monoisotopic (exact) mass is 207 g/mol. The van der Waals surface area contributed by atoms with Gasteiger partial charge >= 0.3 is 0 Å². The third kappa shape index (κ3) is 1.50. The molecule has 0 N–H and O–H groups in total. The Balaban J connectivity index is 3.07. The molecule has 1 aromatic rings. The maximum absolute atomic E-state index is 12.5. The molecule has 0 atom stereocenters. The number of aromatic nitrogens is 1. The standard InChI is InChI=1S/C6H4BrF2N/c7-2-6-5(9)1-4(8)3-10-6/h1,3H,2H2. The van der Waals surface area contributed by atoms with Gasteiger partial charge in [0, 0.05) is 11.4 Å². The van der Waals surface area contributed by atoms with Crippen molar-refractivity contribution >= 4 is 15.9 Å². The van der Waals surface area contributed by atoms with E-state index in [1.54, 1.807) is 0 Å². The van der Waals surface area contributed by atoms with Crippen LogP contribution in [0.15, 0.2) is 12.3 Å². The maximum Gasteiger partial charge on any atom is 0.148 e. The fourth-order valence-electron chi connectivity index (χ4n) is 0.541. The molecule has 4 heteroatoms. The van der Waals surface area contributed by atoms with Gasteiger partial charge in [-0.05, 0) is 0 Å². The molecule has 0 aromatic carbocycles. The van der Waals surface area contributed by atoms with Crippen molar-refractivity contribution in [3.63, 3.8) is 0 Å². The van der Waals surface area contributed by atoms with E-state index in [9.17, 15) is 8.78 Å². The molecular formula is C6H4BrF2N. The third-order valence-electron chi connectivity index (χ3n) is 1.01. The summed E-state index contributed by atoms with van der Waals surface area (Å²) >= 11 is 3.01. The van der Waals surface area contributed by atoms with Crippen LogP contribution in [0.4, 0.5) is 8.78 Å². The van der Waals surface area contributed by atoms with Crippen LogP contribution < -0.4 is 0 Å². The van der Waals surface area contributed by atoms with Gasteiger partial charge in [0.25, 0.3) is 0 Å². The van der Waals surface area contributed by atoms with Crippen molar-refractivity contribution in [1.29, 1.82) is 0 Å². The highest BCUT2D eigenvalue weighted by molar-refractivity contribution is 9.08. The second-order valence-corrected chi connectivity index (χ2v) is 2.28. The Hall–Kier alpha value is -0.510. The van der Waals surface area contributed by atoms with Crippen LogP contribution in [-0.4, -0.2) is 4.98 Å². The van der Waals surface area contributed by atoms with E-state index in [-0.39, 0.29) is 5.69 Å². The first-order valence-electron chi connectivity index (χ1n) is 2.60. The van der Waals surface area contributed by atoms with Crippen LogP contribution in [0.1, 0.15) is 5.69 Å². The lowest BCUT2D eigenvalue weighted by Crippen LogP contribution is -1.91. The van der Waals surface area contributed by atoms with Crippen LogP contribution in [0.2, 0.25) is 0 Å². The largest absolute Gasteiger partial charge is 0.254 e. The summed E-state index contributed by atoms with van der Waals surface area (Å²) in [5, 5.41) is 0.305. The minimum Gasteiger partial charge on any atom is -0.254 e. The number of hydrogen-bond acceptors (Lipinski definition) is 1. The molecule has 1 rings (SSSR count). The first-order valence-corrected chi connectivity index (χ1v) is 3.72. The average Bonchev–Trinajstić information content (AvgIpc) is 1.88. The Kier molecular flexibility index (Phi) is 2.32. The van der Waals surface area contributed by atoms with Crippen molar-refractivity contribution < 1.29 is 8.78 Å². The fraction of sp³-hybridized carbons (Fsp3) is 0.167. The van der Waals surface area contributed by atoms with Crippen LogP contribution in [0.3, 0.4) is 0 Å². The summed E-state index contributed by atoms with van der Waals surface area (Å²) in [5.41, 5.74) is 0.224. The van der Waals surface area contributed by atoms with E-state index in [0.717, 1.165) is 12.3 Å². The second-order valence-electron chi connectivity index (χ2n) is 1.72. The molecule has 0 bridgehead atoms. The van der Waals surface area contributed by atoms with E-state index in [0.29, 0.717) is 5.33 Å². The fourth-order valence-corrected chi connectivity index (χ4v) is 0.954. The van der Waals surface area contributed by atoms with Crippen molar-refractivity contribution in [2.45, 2.75) is 5.33 Å². The molecule has 0 saturated heterocycles. The lowest BCUT2D eigenvalue weighted by atomic mass is 10.3.